The molecule has 0 aliphatic heterocycles. The third-order valence-corrected chi connectivity index (χ3v) is 5.76. The molecule has 0 aliphatic carbocycles. The van der Waals surface area contributed by atoms with Gasteiger partial charge in [-0.1, -0.05) is 42.5 Å². The van der Waals surface area contributed by atoms with Crippen LogP contribution in [0.4, 0.5) is 11.6 Å². The van der Waals surface area contributed by atoms with Gasteiger partial charge in [0.25, 0.3) is 10.0 Å². The van der Waals surface area contributed by atoms with Crippen LogP contribution in [0.15, 0.2) is 90.1 Å². The number of sulfonamides is 1. The summed E-state index contributed by atoms with van der Waals surface area (Å²) in [7, 11) is -3.82. The second kappa shape index (κ2) is 8.30. The minimum atomic E-state index is -3.82. The molecule has 0 bridgehead atoms. The predicted octanol–water partition coefficient (Wildman–Crippen LogP) is 3.61. The molecule has 0 aliphatic rings. The lowest BCUT2D eigenvalue weighted by Crippen LogP contribution is -2.16. The average molecular weight is 418 g/mol. The van der Waals surface area contributed by atoms with Gasteiger partial charge in [-0.25, -0.2) is 23.1 Å². The lowest BCUT2D eigenvalue weighted by atomic mass is 10.0. The van der Waals surface area contributed by atoms with E-state index in [-0.39, 0.29) is 23.2 Å². The van der Waals surface area contributed by atoms with Crippen LogP contribution in [0.1, 0.15) is 5.56 Å². The number of hydrogen-bond acceptors (Lipinski definition) is 5. The number of carbonyl (C=O) groups excluding carboxylic acids is 1. The van der Waals surface area contributed by atoms with Gasteiger partial charge in [-0.05, 0) is 46.7 Å². The lowest BCUT2D eigenvalue weighted by molar-refractivity contribution is -0.115. The zero-order valence-electron chi connectivity index (χ0n) is 15.8. The van der Waals surface area contributed by atoms with Crippen molar-refractivity contribution in [2.45, 2.75) is 11.3 Å². The zero-order valence-corrected chi connectivity index (χ0v) is 16.6. The van der Waals surface area contributed by atoms with E-state index in [4.69, 9.17) is 0 Å². The van der Waals surface area contributed by atoms with Crippen LogP contribution in [-0.4, -0.2) is 24.3 Å². The molecule has 30 heavy (non-hydrogen) atoms. The summed E-state index contributed by atoms with van der Waals surface area (Å²) in [6.45, 7) is 0. The Morgan fingerprint density at radius 3 is 2.27 bits per heavy atom. The maximum Gasteiger partial charge on any atom is 0.264 e. The van der Waals surface area contributed by atoms with Gasteiger partial charge in [0.05, 0.1) is 11.3 Å². The van der Waals surface area contributed by atoms with Crippen molar-refractivity contribution in [1.29, 1.82) is 0 Å². The molecule has 1 heterocycles. The topological polar surface area (TPSA) is 101 Å². The highest BCUT2D eigenvalue weighted by molar-refractivity contribution is 7.92. The number of nitrogens with one attached hydrogen (secondary N) is 2. The molecular formula is C22H18N4O3S. The largest absolute Gasteiger partial charge is 0.326 e. The fraction of sp³-hybridized carbons (Fsp3) is 0.0455. The number of carbonyl (C=O) groups is 1. The molecular weight excluding hydrogens is 400 g/mol. The van der Waals surface area contributed by atoms with Gasteiger partial charge in [-0.15, -0.1) is 0 Å². The Morgan fingerprint density at radius 1 is 0.833 bits per heavy atom. The Kier molecular flexibility index (Phi) is 5.40. The summed E-state index contributed by atoms with van der Waals surface area (Å²) in [6, 6.07) is 21.4. The van der Waals surface area contributed by atoms with Crippen molar-refractivity contribution in [2.75, 3.05) is 10.0 Å². The molecule has 150 valence electrons. The summed E-state index contributed by atoms with van der Waals surface area (Å²) in [4.78, 5) is 20.1. The van der Waals surface area contributed by atoms with Crippen molar-refractivity contribution in [3.63, 3.8) is 0 Å². The molecule has 0 atom stereocenters. The van der Waals surface area contributed by atoms with Crippen molar-refractivity contribution in [3.8, 4) is 0 Å². The van der Waals surface area contributed by atoms with Crippen molar-refractivity contribution in [2.24, 2.45) is 0 Å². The summed E-state index contributed by atoms with van der Waals surface area (Å²) < 4.78 is 27.1. The molecule has 0 saturated carbocycles. The molecule has 0 fully saturated rings. The van der Waals surface area contributed by atoms with Gasteiger partial charge in [-0.3, -0.25) is 4.79 Å². The van der Waals surface area contributed by atoms with E-state index in [0.29, 0.717) is 5.69 Å². The monoisotopic (exact) mass is 418 g/mol. The van der Waals surface area contributed by atoms with Gasteiger partial charge >= 0.3 is 0 Å². The Bertz CT molecular complexity index is 1290. The van der Waals surface area contributed by atoms with Gasteiger partial charge in [0.1, 0.15) is 0 Å². The molecule has 8 heteroatoms. The van der Waals surface area contributed by atoms with Crippen molar-refractivity contribution >= 4 is 38.3 Å². The van der Waals surface area contributed by atoms with Crippen LogP contribution in [0.5, 0.6) is 0 Å². The number of hydrogen-bond donors (Lipinski definition) is 2. The maximum absolute atomic E-state index is 12.4. The van der Waals surface area contributed by atoms with Crippen LogP contribution in [0.25, 0.3) is 10.8 Å². The van der Waals surface area contributed by atoms with E-state index < -0.39 is 10.0 Å². The molecule has 4 rings (SSSR count). The summed E-state index contributed by atoms with van der Waals surface area (Å²) in [5.74, 6) is -0.193. The number of anilines is 2. The smallest absolute Gasteiger partial charge is 0.264 e. The molecule has 0 spiro atoms. The Hall–Kier alpha value is -3.78. The van der Waals surface area contributed by atoms with E-state index in [1.165, 1.54) is 24.5 Å². The van der Waals surface area contributed by atoms with E-state index in [2.05, 4.69) is 20.0 Å². The van der Waals surface area contributed by atoms with Gasteiger partial charge < -0.3 is 5.32 Å². The Balaban J connectivity index is 1.41. The predicted molar refractivity (Wildman–Crippen MR) is 116 cm³/mol. The highest BCUT2D eigenvalue weighted by atomic mass is 32.2. The van der Waals surface area contributed by atoms with Crippen molar-refractivity contribution < 1.29 is 13.2 Å². The second-order valence-corrected chi connectivity index (χ2v) is 8.29. The quantitative estimate of drug-likeness (QED) is 0.498. The first-order chi connectivity index (χ1) is 14.5. The number of benzene rings is 3. The molecule has 3 aromatic carbocycles. The first-order valence-corrected chi connectivity index (χ1v) is 10.7. The third kappa shape index (κ3) is 4.61. The minimum Gasteiger partial charge on any atom is -0.326 e. The Labute approximate surface area is 173 Å². The third-order valence-electron chi connectivity index (χ3n) is 4.42. The zero-order chi connectivity index (χ0) is 21.0. The maximum atomic E-state index is 12.4. The fourth-order valence-electron chi connectivity index (χ4n) is 2.99. The molecule has 4 aromatic rings. The molecule has 1 aromatic heterocycles. The van der Waals surface area contributed by atoms with E-state index in [9.17, 15) is 13.2 Å². The highest BCUT2D eigenvalue weighted by Gasteiger charge is 2.15. The van der Waals surface area contributed by atoms with Crippen molar-refractivity contribution in [3.05, 3.63) is 90.8 Å². The molecule has 0 radical (unpaired) electrons. The summed E-state index contributed by atoms with van der Waals surface area (Å²) in [6.07, 6.45) is 3.11. The molecule has 1 amide bonds. The van der Waals surface area contributed by atoms with E-state index in [1.54, 1.807) is 18.2 Å². The number of amides is 1. The normalized spacial score (nSPS) is 11.2. The van der Waals surface area contributed by atoms with Crippen molar-refractivity contribution in [1.82, 2.24) is 9.97 Å². The van der Waals surface area contributed by atoms with E-state index >= 15 is 0 Å². The van der Waals surface area contributed by atoms with Crippen LogP contribution < -0.4 is 10.0 Å². The lowest BCUT2D eigenvalue weighted by Gasteiger charge is -2.09. The first-order valence-electron chi connectivity index (χ1n) is 9.17. The van der Waals surface area contributed by atoms with Crippen LogP contribution >= 0.6 is 0 Å². The molecule has 0 unspecified atom stereocenters. The van der Waals surface area contributed by atoms with E-state index in [1.807, 2.05) is 42.5 Å². The number of fused-ring (bicyclic) bond motifs is 1. The van der Waals surface area contributed by atoms with Crippen LogP contribution in [0.2, 0.25) is 0 Å². The van der Waals surface area contributed by atoms with Crippen LogP contribution in [0.3, 0.4) is 0 Å². The second-order valence-electron chi connectivity index (χ2n) is 6.61. The summed E-state index contributed by atoms with van der Waals surface area (Å²) >= 11 is 0. The highest BCUT2D eigenvalue weighted by Crippen LogP contribution is 2.18. The molecule has 7 nitrogen and oxygen atoms in total. The van der Waals surface area contributed by atoms with E-state index in [0.717, 1.165) is 16.3 Å². The molecule has 0 saturated heterocycles. The summed E-state index contributed by atoms with van der Waals surface area (Å²) in [5.41, 5.74) is 1.41. The average Bonchev–Trinajstić information content (AvgIpc) is 2.74. The van der Waals surface area contributed by atoms with Gasteiger partial charge in [-0.2, -0.15) is 0 Å². The van der Waals surface area contributed by atoms with Crippen LogP contribution in [0, 0.1) is 0 Å². The summed E-state index contributed by atoms with van der Waals surface area (Å²) in [5, 5.41) is 4.98. The van der Waals surface area contributed by atoms with Gasteiger partial charge in [0.2, 0.25) is 11.9 Å². The SMILES string of the molecule is O=C(Cc1ccc2ccccc2c1)Nc1ccc(S(=O)(=O)Nc2ncccn2)cc1. The van der Waals surface area contributed by atoms with Gasteiger partial charge in [0, 0.05) is 18.1 Å². The number of rotatable bonds is 6. The number of aromatic nitrogens is 2. The number of nitrogens with zero attached hydrogens (tertiary/aromatic N) is 2. The van der Waals surface area contributed by atoms with Crippen LogP contribution in [-0.2, 0) is 21.2 Å². The first kappa shape index (κ1) is 19.5. The molecule has 2 N–H and O–H groups in total. The standard InChI is InChI=1S/C22H18N4O3S/c27-21(15-16-6-7-17-4-1-2-5-18(17)14-16)25-19-8-10-20(11-9-19)30(28,29)26-22-23-12-3-13-24-22/h1-14H,15H2,(H,25,27)(H,23,24,26). The van der Waals surface area contributed by atoms with Gasteiger partial charge in [0.15, 0.2) is 0 Å². The Morgan fingerprint density at radius 2 is 1.53 bits per heavy atom. The minimum absolute atomic E-state index is 0.00901. The fourth-order valence-corrected chi connectivity index (χ4v) is 3.95.